The summed E-state index contributed by atoms with van der Waals surface area (Å²) in [5.41, 5.74) is 1.29. The molecule has 4 heterocycles. The Labute approximate surface area is 294 Å². The normalized spacial score (nSPS) is 15.9. The third-order valence-electron chi connectivity index (χ3n) is 9.16. The molecule has 1 aromatic carbocycles. The first-order valence-electron chi connectivity index (χ1n) is 17.1. The highest BCUT2D eigenvalue weighted by atomic mass is 28.4. The van der Waals surface area contributed by atoms with Crippen LogP contribution >= 0.6 is 0 Å². The van der Waals surface area contributed by atoms with Crippen molar-refractivity contribution >= 4 is 43.4 Å². The number of fused-ring (bicyclic) bond motifs is 1. The minimum absolute atomic E-state index is 0.106. The third kappa shape index (κ3) is 8.44. The standard InChI is InChI=1S/C37H48FN7O4Si/c1-36(2,3)49-35(47)43-22-13-16-28(25-43)44(32-26(15-11-20-39-32)14-9-10-23-48-50(7,8)37(4,5)6)34(46)29-19-18-27(24-30(29)38)45-33-31(41-42-45)17-12-21-40-33/h9,11-12,14-15,17-21,24,28H,10,13,16,22-23,25H2,1-8H3/b14-9+/t28-/m1/s1. The van der Waals surface area contributed by atoms with Crippen LogP contribution in [0.15, 0.2) is 60.9 Å². The topological polar surface area (TPSA) is 116 Å². The summed E-state index contributed by atoms with van der Waals surface area (Å²) in [6, 6.07) is 11.0. The molecule has 11 nitrogen and oxygen atoms in total. The van der Waals surface area contributed by atoms with E-state index in [0.717, 1.165) is 0 Å². The zero-order chi connectivity index (χ0) is 36.3. The van der Waals surface area contributed by atoms with Crippen LogP contribution in [0, 0.1) is 5.82 Å². The van der Waals surface area contributed by atoms with Gasteiger partial charge in [0.15, 0.2) is 14.0 Å². The fourth-order valence-corrected chi connectivity index (χ4v) is 6.58. The number of anilines is 1. The molecule has 5 rings (SSSR count). The number of hydrogen-bond acceptors (Lipinski definition) is 8. The number of likely N-dealkylation sites (tertiary alicyclic amines) is 1. The van der Waals surface area contributed by atoms with E-state index in [-0.39, 0.29) is 17.1 Å². The molecule has 0 N–H and O–H groups in total. The maximum absolute atomic E-state index is 16.0. The third-order valence-corrected chi connectivity index (χ3v) is 13.7. The molecule has 2 amide bonds. The first-order valence-corrected chi connectivity index (χ1v) is 20.0. The fraction of sp³-hybridized carbons (Fsp3) is 0.459. The minimum Gasteiger partial charge on any atom is -0.444 e. The van der Waals surface area contributed by atoms with Gasteiger partial charge in [-0.25, -0.2) is 19.2 Å². The Kier molecular flexibility index (Phi) is 10.9. The van der Waals surface area contributed by atoms with Crippen molar-refractivity contribution in [3.8, 4) is 5.69 Å². The lowest BCUT2D eigenvalue weighted by Crippen LogP contribution is -2.53. The molecule has 3 aromatic heterocycles. The number of ether oxygens (including phenoxy) is 1. The molecule has 0 unspecified atom stereocenters. The molecule has 1 saturated heterocycles. The van der Waals surface area contributed by atoms with E-state index in [0.29, 0.717) is 60.6 Å². The quantitative estimate of drug-likeness (QED) is 0.128. The Hall–Kier alpha value is -4.49. The maximum Gasteiger partial charge on any atom is 0.410 e. The SMILES string of the molecule is CC(C)(C)OC(=O)N1CCC[C@@H](N(C(=O)c2ccc(-n3nnc4cccnc43)cc2F)c2ncccc2/C=C/CCO[Si](C)(C)C(C)(C)C)C1. The summed E-state index contributed by atoms with van der Waals surface area (Å²) in [5.74, 6) is -0.918. The summed E-state index contributed by atoms with van der Waals surface area (Å²) in [7, 11) is -1.90. The van der Waals surface area contributed by atoms with Crippen molar-refractivity contribution in [2.75, 3.05) is 24.6 Å². The number of piperidine rings is 1. The summed E-state index contributed by atoms with van der Waals surface area (Å²) in [6.45, 7) is 17.8. The van der Waals surface area contributed by atoms with Crippen LogP contribution in [-0.2, 0) is 9.16 Å². The fourth-order valence-electron chi connectivity index (χ4n) is 5.52. The van der Waals surface area contributed by atoms with Gasteiger partial charge in [0.05, 0.1) is 17.3 Å². The van der Waals surface area contributed by atoms with Gasteiger partial charge in [0.1, 0.15) is 22.8 Å². The number of amides is 2. The monoisotopic (exact) mass is 701 g/mol. The molecular formula is C37H48FN7O4Si. The second-order valence-corrected chi connectivity index (χ2v) is 19.9. The summed E-state index contributed by atoms with van der Waals surface area (Å²) in [4.78, 5) is 39.8. The summed E-state index contributed by atoms with van der Waals surface area (Å²) < 4.78 is 29.5. The Morgan fingerprint density at radius 2 is 1.80 bits per heavy atom. The van der Waals surface area contributed by atoms with E-state index >= 15 is 4.39 Å². The van der Waals surface area contributed by atoms with Gasteiger partial charge in [-0.3, -0.25) is 9.69 Å². The number of rotatable bonds is 9. The highest BCUT2D eigenvalue weighted by molar-refractivity contribution is 6.74. The Morgan fingerprint density at radius 1 is 1.06 bits per heavy atom. The first-order chi connectivity index (χ1) is 23.6. The average molecular weight is 702 g/mol. The van der Waals surface area contributed by atoms with Crippen molar-refractivity contribution in [2.24, 2.45) is 0 Å². The number of carbonyl (C=O) groups excluding carboxylic acids is 2. The van der Waals surface area contributed by atoms with Crippen LogP contribution in [0.1, 0.15) is 76.7 Å². The molecule has 1 atom stereocenters. The van der Waals surface area contributed by atoms with E-state index in [1.54, 1.807) is 41.6 Å². The highest BCUT2D eigenvalue weighted by Gasteiger charge is 2.37. The van der Waals surface area contributed by atoms with E-state index in [4.69, 9.17) is 9.16 Å². The van der Waals surface area contributed by atoms with Crippen LogP contribution in [0.3, 0.4) is 0 Å². The van der Waals surface area contributed by atoms with E-state index in [2.05, 4.69) is 54.1 Å². The lowest BCUT2D eigenvalue weighted by Gasteiger charge is -2.39. The molecule has 0 saturated carbocycles. The lowest BCUT2D eigenvalue weighted by atomic mass is 10.0. The number of pyridine rings is 2. The van der Waals surface area contributed by atoms with Crippen molar-refractivity contribution in [1.82, 2.24) is 29.9 Å². The molecule has 0 bridgehead atoms. The highest BCUT2D eigenvalue weighted by Crippen LogP contribution is 2.36. The van der Waals surface area contributed by atoms with Crippen molar-refractivity contribution in [2.45, 2.75) is 90.6 Å². The van der Waals surface area contributed by atoms with Gasteiger partial charge in [0.2, 0.25) is 0 Å². The lowest BCUT2D eigenvalue weighted by molar-refractivity contribution is 0.0195. The molecule has 13 heteroatoms. The zero-order valence-corrected chi connectivity index (χ0v) is 31.3. The molecule has 50 heavy (non-hydrogen) atoms. The number of benzene rings is 1. The smallest absolute Gasteiger partial charge is 0.410 e. The molecule has 1 fully saturated rings. The largest absolute Gasteiger partial charge is 0.444 e. The molecule has 4 aromatic rings. The van der Waals surface area contributed by atoms with Crippen LogP contribution < -0.4 is 4.90 Å². The van der Waals surface area contributed by atoms with Crippen molar-refractivity contribution < 1.29 is 23.1 Å². The molecule has 266 valence electrons. The van der Waals surface area contributed by atoms with E-state index < -0.39 is 37.8 Å². The first kappa shape index (κ1) is 36.8. The number of halogens is 1. The van der Waals surface area contributed by atoms with Crippen molar-refractivity contribution in [3.05, 3.63) is 77.9 Å². The number of carbonyl (C=O) groups is 2. The summed E-state index contributed by atoms with van der Waals surface area (Å²) in [6.07, 6.45) is 8.59. The second kappa shape index (κ2) is 14.8. The Balaban J connectivity index is 1.47. The van der Waals surface area contributed by atoms with Gasteiger partial charge in [-0.2, -0.15) is 4.68 Å². The molecule has 0 radical (unpaired) electrons. The van der Waals surface area contributed by atoms with Gasteiger partial charge in [-0.05, 0) is 94.6 Å². The Bertz CT molecular complexity index is 1860. The predicted octanol–water partition coefficient (Wildman–Crippen LogP) is 7.82. The van der Waals surface area contributed by atoms with Gasteiger partial charge >= 0.3 is 6.09 Å². The van der Waals surface area contributed by atoms with E-state index in [1.165, 1.54) is 21.7 Å². The number of aromatic nitrogens is 5. The number of nitrogens with zero attached hydrogens (tertiary/aromatic N) is 7. The van der Waals surface area contributed by atoms with Gasteiger partial charge in [-0.15, -0.1) is 5.10 Å². The molecule has 0 aliphatic carbocycles. The molecule has 1 aliphatic heterocycles. The second-order valence-electron chi connectivity index (χ2n) is 15.1. The predicted molar refractivity (Wildman–Crippen MR) is 195 cm³/mol. The van der Waals surface area contributed by atoms with Crippen LogP contribution in [0.5, 0.6) is 0 Å². The van der Waals surface area contributed by atoms with Crippen molar-refractivity contribution in [3.63, 3.8) is 0 Å². The van der Waals surface area contributed by atoms with Crippen LogP contribution in [0.2, 0.25) is 18.1 Å². The van der Waals surface area contributed by atoms with Gasteiger partial charge in [0.25, 0.3) is 5.91 Å². The Morgan fingerprint density at radius 3 is 2.52 bits per heavy atom. The molecule has 1 aliphatic rings. The van der Waals surface area contributed by atoms with E-state index in [1.807, 2.05) is 39.0 Å². The van der Waals surface area contributed by atoms with Gasteiger partial charge in [-0.1, -0.05) is 38.1 Å². The minimum atomic E-state index is -1.90. The summed E-state index contributed by atoms with van der Waals surface area (Å²) in [5, 5.41) is 8.35. The van der Waals surface area contributed by atoms with Gasteiger partial charge < -0.3 is 14.1 Å². The van der Waals surface area contributed by atoms with E-state index in [9.17, 15) is 9.59 Å². The molecular weight excluding hydrogens is 654 g/mol. The van der Waals surface area contributed by atoms with Gasteiger partial charge in [0, 0.05) is 43.7 Å². The average Bonchev–Trinajstić information content (AvgIpc) is 3.48. The maximum atomic E-state index is 16.0. The summed E-state index contributed by atoms with van der Waals surface area (Å²) >= 11 is 0. The van der Waals surface area contributed by atoms with Crippen LogP contribution in [0.25, 0.3) is 22.9 Å². The zero-order valence-electron chi connectivity index (χ0n) is 30.3. The number of hydrogen-bond donors (Lipinski definition) is 0. The van der Waals surface area contributed by atoms with Crippen molar-refractivity contribution in [1.29, 1.82) is 0 Å². The van der Waals surface area contributed by atoms with Crippen LogP contribution in [-0.4, -0.2) is 81.5 Å². The van der Waals surface area contributed by atoms with Crippen LogP contribution in [0.4, 0.5) is 15.0 Å². The molecule has 0 spiro atoms.